The van der Waals surface area contributed by atoms with Gasteiger partial charge in [-0.1, -0.05) is 6.92 Å². The summed E-state index contributed by atoms with van der Waals surface area (Å²) in [7, 11) is 0. The van der Waals surface area contributed by atoms with E-state index in [2.05, 4.69) is 6.92 Å². The van der Waals surface area contributed by atoms with Crippen molar-refractivity contribution in [1.29, 1.82) is 0 Å². The Labute approximate surface area is 140 Å². The summed E-state index contributed by atoms with van der Waals surface area (Å²) in [6.45, 7) is 5.83. The number of hydrogen-bond donors (Lipinski definition) is 1. The van der Waals surface area contributed by atoms with Crippen molar-refractivity contribution < 1.29 is 14.7 Å². The van der Waals surface area contributed by atoms with Crippen LogP contribution in [0.2, 0.25) is 0 Å². The number of carbonyl (C=O) groups is 2. The minimum absolute atomic E-state index is 0.0983. The zero-order valence-corrected chi connectivity index (χ0v) is 14.6. The standard InChI is InChI=1S/C17H24N2O3S/c1-11-3-4-13-14(10-23-15(13)9-11)17(22)19-7-5-18(6-8-19)16(21)12(2)20/h10-12,20H,3-9H2,1-2H3. The number of hydrogen-bond acceptors (Lipinski definition) is 4. The van der Waals surface area contributed by atoms with Gasteiger partial charge in [0, 0.05) is 36.4 Å². The Morgan fingerprint density at radius 3 is 2.57 bits per heavy atom. The molecule has 5 nitrogen and oxygen atoms in total. The maximum atomic E-state index is 12.8. The topological polar surface area (TPSA) is 60.9 Å². The lowest BCUT2D eigenvalue weighted by molar-refractivity contribution is -0.140. The number of nitrogens with zero attached hydrogens (tertiary/aromatic N) is 2. The average molecular weight is 336 g/mol. The van der Waals surface area contributed by atoms with Gasteiger partial charge in [-0.15, -0.1) is 11.3 Å². The molecule has 2 aliphatic rings. The highest BCUT2D eigenvalue weighted by atomic mass is 32.1. The van der Waals surface area contributed by atoms with Crippen molar-refractivity contribution in [3.8, 4) is 0 Å². The summed E-state index contributed by atoms with van der Waals surface area (Å²) in [5, 5.41) is 11.4. The van der Waals surface area contributed by atoms with Crippen molar-refractivity contribution in [2.24, 2.45) is 5.92 Å². The molecule has 1 saturated heterocycles. The molecule has 1 aromatic heterocycles. The Balaban J connectivity index is 1.66. The van der Waals surface area contributed by atoms with Crippen molar-refractivity contribution in [2.45, 2.75) is 39.2 Å². The number of rotatable bonds is 2. The Morgan fingerprint density at radius 1 is 1.26 bits per heavy atom. The molecule has 2 amide bonds. The van der Waals surface area contributed by atoms with Gasteiger partial charge in [-0.2, -0.15) is 0 Å². The first kappa shape index (κ1) is 16.5. The third-order valence-corrected chi connectivity index (χ3v) is 5.92. The summed E-state index contributed by atoms with van der Waals surface area (Å²) in [6.07, 6.45) is 2.27. The molecule has 1 N–H and O–H groups in total. The smallest absolute Gasteiger partial charge is 0.255 e. The molecule has 2 atom stereocenters. The van der Waals surface area contributed by atoms with Gasteiger partial charge in [-0.05, 0) is 37.7 Å². The molecule has 126 valence electrons. The molecule has 0 aromatic carbocycles. The minimum Gasteiger partial charge on any atom is -0.384 e. The van der Waals surface area contributed by atoms with E-state index < -0.39 is 6.10 Å². The van der Waals surface area contributed by atoms with Crippen LogP contribution >= 0.6 is 11.3 Å². The normalized spacial score (nSPS) is 22.7. The second-order valence-electron chi connectivity index (χ2n) is 6.69. The lowest BCUT2D eigenvalue weighted by atomic mass is 9.88. The van der Waals surface area contributed by atoms with Crippen LogP contribution in [0.3, 0.4) is 0 Å². The van der Waals surface area contributed by atoms with Crippen molar-refractivity contribution in [3.63, 3.8) is 0 Å². The van der Waals surface area contributed by atoms with Gasteiger partial charge >= 0.3 is 0 Å². The van der Waals surface area contributed by atoms with Gasteiger partial charge in [0.05, 0.1) is 5.56 Å². The summed E-state index contributed by atoms with van der Waals surface area (Å²) < 4.78 is 0. The number of fused-ring (bicyclic) bond motifs is 1. The summed E-state index contributed by atoms with van der Waals surface area (Å²) in [6, 6.07) is 0. The van der Waals surface area contributed by atoms with Crippen LogP contribution in [0.25, 0.3) is 0 Å². The number of amides is 2. The van der Waals surface area contributed by atoms with Crippen LogP contribution < -0.4 is 0 Å². The van der Waals surface area contributed by atoms with Crippen LogP contribution in [-0.2, 0) is 17.6 Å². The summed E-state index contributed by atoms with van der Waals surface area (Å²) in [4.78, 5) is 29.5. The first-order chi connectivity index (χ1) is 11.0. The van der Waals surface area contributed by atoms with Crippen molar-refractivity contribution in [2.75, 3.05) is 26.2 Å². The highest BCUT2D eigenvalue weighted by Crippen LogP contribution is 2.33. The molecular formula is C17H24N2O3S. The Morgan fingerprint density at radius 2 is 1.91 bits per heavy atom. The Hall–Kier alpha value is -1.40. The van der Waals surface area contributed by atoms with Crippen molar-refractivity contribution >= 4 is 23.2 Å². The first-order valence-corrected chi connectivity index (χ1v) is 9.20. The predicted octanol–water partition coefficient (Wildman–Crippen LogP) is 1.54. The van der Waals surface area contributed by atoms with Crippen molar-refractivity contribution in [3.05, 3.63) is 21.4 Å². The first-order valence-electron chi connectivity index (χ1n) is 8.32. The van der Waals surface area contributed by atoms with Crippen LogP contribution in [0.15, 0.2) is 5.38 Å². The predicted molar refractivity (Wildman–Crippen MR) is 89.7 cm³/mol. The third kappa shape index (κ3) is 3.28. The molecule has 2 unspecified atom stereocenters. The van der Waals surface area contributed by atoms with E-state index in [0.29, 0.717) is 32.1 Å². The molecule has 2 heterocycles. The quantitative estimate of drug-likeness (QED) is 0.891. The molecule has 0 radical (unpaired) electrons. The van der Waals surface area contributed by atoms with E-state index in [0.717, 1.165) is 24.8 Å². The number of carbonyl (C=O) groups excluding carboxylic acids is 2. The van der Waals surface area contributed by atoms with Crippen molar-refractivity contribution in [1.82, 2.24) is 9.80 Å². The van der Waals surface area contributed by atoms with Crippen LogP contribution in [0, 0.1) is 5.92 Å². The fraction of sp³-hybridized carbons (Fsp3) is 0.647. The number of aliphatic hydroxyl groups excluding tert-OH is 1. The maximum absolute atomic E-state index is 12.8. The molecule has 1 fully saturated rings. The van der Waals surface area contributed by atoms with Crippen LogP contribution in [0.4, 0.5) is 0 Å². The lowest BCUT2D eigenvalue weighted by Gasteiger charge is -2.35. The maximum Gasteiger partial charge on any atom is 0.255 e. The molecule has 1 aromatic rings. The zero-order chi connectivity index (χ0) is 16.6. The SMILES string of the molecule is CC1CCc2c(C(=O)N3CCN(C(=O)C(C)O)CC3)csc2C1. The number of thiophene rings is 1. The van der Waals surface area contributed by atoms with E-state index in [4.69, 9.17) is 0 Å². The average Bonchev–Trinajstić information content (AvgIpc) is 2.96. The van der Waals surface area contributed by atoms with E-state index >= 15 is 0 Å². The molecule has 3 rings (SSSR count). The molecule has 0 bridgehead atoms. The van der Waals surface area contributed by atoms with E-state index in [9.17, 15) is 14.7 Å². The second kappa shape index (κ2) is 6.61. The number of piperazine rings is 1. The van der Waals surface area contributed by atoms with Gasteiger partial charge in [-0.25, -0.2) is 0 Å². The highest BCUT2D eigenvalue weighted by Gasteiger charge is 2.29. The molecule has 0 spiro atoms. The zero-order valence-electron chi connectivity index (χ0n) is 13.7. The van der Waals surface area contributed by atoms with Gasteiger partial charge in [0.15, 0.2) is 0 Å². The fourth-order valence-corrected chi connectivity index (χ4v) is 4.66. The molecular weight excluding hydrogens is 312 g/mol. The van der Waals surface area contributed by atoms with E-state index in [1.54, 1.807) is 16.2 Å². The van der Waals surface area contributed by atoms with Gasteiger partial charge in [0.1, 0.15) is 6.10 Å². The van der Waals surface area contributed by atoms with Gasteiger partial charge in [0.2, 0.25) is 0 Å². The van der Waals surface area contributed by atoms with E-state index in [1.165, 1.54) is 17.4 Å². The van der Waals surface area contributed by atoms with Gasteiger partial charge in [0.25, 0.3) is 11.8 Å². The minimum atomic E-state index is -0.969. The summed E-state index contributed by atoms with van der Waals surface area (Å²) in [5.41, 5.74) is 2.12. The Bertz CT molecular complexity index is 603. The molecule has 1 aliphatic heterocycles. The monoisotopic (exact) mass is 336 g/mol. The highest BCUT2D eigenvalue weighted by molar-refractivity contribution is 7.10. The largest absolute Gasteiger partial charge is 0.384 e. The van der Waals surface area contributed by atoms with Crippen LogP contribution in [-0.4, -0.2) is 59.0 Å². The molecule has 6 heteroatoms. The third-order valence-electron chi connectivity index (χ3n) is 4.87. The lowest BCUT2D eigenvalue weighted by Crippen LogP contribution is -2.52. The van der Waals surface area contributed by atoms with Gasteiger partial charge < -0.3 is 14.9 Å². The summed E-state index contributed by atoms with van der Waals surface area (Å²) >= 11 is 1.71. The number of aliphatic hydroxyl groups is 1. The van der Waals surface area contributed by atoms with E-state index in [1.807, 2.05) is 10.3 Å². The van der Waals surface area contributed by atoms with Crippen LogP contribution in [0.5, 0.6) is 0 Å². The fourth-order valence-electron chi connectivity index (χ4n) is 3.42. The molecule has 1 aliphatic carbocycles. The summed E-state index contributed by atoms with van der Waals surface area (Å²) in [5.74, 6) is 0.555. The molecule has 0 saturated carbocycles. The Kier molecular flexibility index (Phi) is 4.73. The molecule has 23 heavy (non-hydrogen) atoms. The second-order valence-corrected chi connectivity index (χ2v) is 7.66. The van der Waals surface area contributed by atoms with E-state index in [-0.39, 0.29) is 11.8 Å². The van der Waals surface area contributed by atoms with Crippen LogP contribution in [0.1, 0.15) is 41.1 Å². The van der Waals surface area contributed by atoms with Gasteiger partial charge in [-0.3, -0.25) is 9.59 Å².